The minimum absolute atomic E-state index is 0. The Hall–Kier alpha value is -2.93. The minimum atomic E-state index is -0.302. The van der Waals surface area contributed by atoms with Gasteiger partial charge in [-0.05, 0) is 36.6 Å². The SMILES string of the molecule is CC1CC1C(=O)Nc1ccc(C(=O)Nc2cc3c(cc2N)OCO3)cc1.Cl. The van der Waals surface area contributed by atoms with Gasteiger partial charge in [0.05, 0.1) is 11.4 Å². The zero-order chi connectivity index (χ0) is 18.3. The molecule has 4 rings (SSSR count). The molecular weight excluding hydrogens is 370 g/mol. The number of benzene rings is 2. The monoisotopic (exact) mass is 389 g/mol. The maximum atomic E-state index is 12.4. The van der Waals surface area contributed by atoms with Crippen LogP contribution in [-0.4, -0.2) is 18.6 Å². The minimum Gasteiger partial charge on any atom is -0.454 e. The average Bonchev–Trinajstić information content (AvgIpc) is 3.19. The van der Waals surface area contributed by atoms with Crippen molar-refractivity contribution in [1.82, 2.24) is 0 Å². The Balaban J connectivity index is 0.00000210. The second-order valence-electron chi connectivity index (χ2n) is 6.63. The van der Waals surface area contributed by atoms with Crippen LogP contribution >= 0.6 is 12.4 Å². The Bertz CT molecular complexity index is 885. The Morgan fingerprint density at radius 1 is 1.07 bits per heavy atom. The van der Waals surface area contributed by atoms with Gasteiger partial charge in [0.25, 0.3) is 5.91 Å². The number of nitrogens with one attached hydrogen (secondary N) is 2. The van der Waals surface area contributed by atoms with Crippen LogP contribution in [0, 0.1) is 11.8 Å². The molecule has 0 saturated heterocycles. The molecule has 1 fully saturated rings. The standard InChI is InChI=1S/C19H19N3O4.ClH/c1-10-6-13(10)19(24)21-12-4-2-11(3-5-12)18(23)22-15-8-17-16(7-14(15)20)25-9-26-17;/h2-5,7-8,10,13H,6,9,20H2,1H3,(H,21,24)(H,22,23);1H. The maximum Gasteiger partial charge on any atom is 0.255 e. The summed E-state index contributed by atoms with van der Waals surface area (Å²) in [6.45, 7) is 2.19. The first-order chi connectivity index (χ1) is 12.5. The highest BCUT2D eigenvalue weighted by atomic mass is 35.5. The van der Waals surface area contributed by atoms with Crippen LogP contribution < -0.4 is 25.8 Å². The largest absolute Gasteiger partial charge is 0.454 e. The van der Waals surface area contributed by atoms with Crippen molar-refractivity contribution in [2.24, 2.45) is 11.8 Å². The first-order valence-corrected chi connectivity index (χ1v) is 8.42. The number of anilines is 3. The molecule has 1 aliphatic heterocycles. The highest BCUT2D eigenvalue weighted by Crippen LogP contribution is 2.39. The molecule has 4 N–H and O–H groups in total. The Labute approximate surface area is 162 Å². The summed E-state index contributed by atoms with van der Waals surface area (Å²) in [6.07, 6.45) is 0.934. The van der Waals surface area contributed by atoms with Gasteiger partial charge in [-0.15, -0.1) is 12.4 Å². The van der Waals surface area contributed by atoms with Crippen molar-refractivity contribution in [1.29, 1.82) is 0 Å². The van der Waals surface area contributed by atoms with Crippen molar-refractivity contribution in [2.75, 3.05) is 23.2 Å². The number of amides is 2. The normalized spacial score (nSPS) is 19.0. The number of hydrogen-bond donors (Lipinski definition) is 3. The molecular formula is C19H20ClN3O4. The summed E-state index contributed by atoms with van der Waals surface area (Å²) < 4.78 is 10.5. The van der Waals surface area contributed by atoms with E-state index in [2.05, 4.69) is 17.6 Å². The molecule has 2 atom stereocenters. The lowest BCUT2D eigenvalue weighted by Crippen LogP contribution is -2.15. The average molecular weight is 390 g/mol. The third-order valence-corrected chi connectivity index (χ3v) is 4.65. The highest BCUT2D eigenvalue weighted by molar-refractivity contribution is 6.06. The molecule has 7 nitrogen and oxygen atoms in total. The predicted molar refractivity (Wildman–Crippen MR) is 105 cm³/mol. The number of nitrogen functional groups attached to an aromatic ring is 1. The first kappa shape index (κ1) is 18.8. The van der Waals surface area contributed by atoms with Crippen LogP contribution in [0.3, 0.4) is 0 Å². The van der Waals surface area contributed by atoms with Gasteiger partial charge >= 0.3 is 0 Å². The van der Waals surface area contributed by atoms with Gasteiger partial charge in [-0.2, -0.15) is 0 Å². The molecule has 2 unspecified atom stereocenters. The van der Waals surface area contributed by atoms with Crippen LogP contribution in [0.5, 0.6) is 11.5 Å². The third-order valence-electron chi connectivity index (χ3n) is 4.65. The molecule has 2 aromatic carbocycles. The fourth-order valence-electron chi connectivity index (χ4n) is 2.89. The molecule has 1 saturated carbocycles. The highest BCUT2D eigenvalue weighted by Gasteiger charge is 2.39. The van der Waals surface area contributed by atoms with Gasteiger partial charge < -0.3 is 25.8 Å². The van der Waals surface area contributed by atoms with Crippen LogP contribution in [0.2, 0.25) is 0 Å². The van der Waals surface area contributed by atoms with Crippen molar-refractivity contribution in [3.05, 3.63) is 42.0 Å². The summed E-state index contributed by atoms with van der Waals surface area (Å²) in [5.41, 5.74) is 7.93. The summed E-state index contributed by atoms with van der Waals surface area (Å²) in [6, 6.07) is 10.00. The number of ether oxygens (including phenoxy) is 2. The molecule has 27 heavy (non-hydrogen) atoms. The van der Waals surface area contributed by atoms with Crippen LogP contribution in [0.25, 0.3) is 0 Å². The van der Waals surface area contributed by atoms with Gasteiger partial charge in [0.2, 0.25) is 12.7 Å². The molecule has 0 bridgehead atoms. The van der Waals surface area contributed by atoms with E-state index in [0.717, 1.165) is 6.42 Å². The second kappa shape index (κ2) is 7.36. The zero-order valence-electron chi connectivity index (χ0n) is 14.7. The quantitative estimate of drug-likeness (QED) is 0.696. The van der Waals surface area contributed by atoms with E-state index in [9.17, 15) is 9.59 Å². The molecule has 1 heterocycles. The second-order valence-corrected chi connectivity index (χ2v) is 6.63. The van der Waals surface area contributed by atoms with E-state index < -0.39 is 0 Å². The van der Waals surface area contributed by atoms with Crippen LogP contribution in [0.1, 0.15) is 23.7 Å². The summed E-state index contributed by atoms with van der Waals surface area (Å²) in [5.74, 6) is 1.39. The van der Waals surface area contributed by atoms with Crippen LogP contribution in [0.15, 0.2) is 36.4 Å². The molecule has 0 radical (unpaired) electrons. The predicted octanol–water partition coefficient (Wildman–Crippen LogP) is 3.27. The first-order valence-electron chi connectivity index (χ1n) is 8.42. The van der Waals surface area contributed by atoms with E-state index >= 15 is 0 Å². The lowest BCUT2D eigenvalue weighted by atomic mass is 10.1. The summed E-state index contributed by atoms with van der Waals surface area (Å²) in [7, 11) is 0. The van der Waals surface area contributed by atoms with Crippen molar-refractivity contribution >= 4 is 41.3 Å². The number of fused-ring (bicyclic) bond motifs is 1. The topological polar surface area (TPSA) is 103 Å². The van der Waals surface area contributed by atoms with Crippen molar-refractivity contribution in [3.63, 3.8) is 0 Å². The molecule has 142 valence electrons. The number of nitrogens with two attached hydrogens (primary N) is 1. The van der Waals surface area contributed by atoms with Crippen molar-refractivity contribution in [3.8, 4) is 11.5 Å². The van der Waals surface area contributed by atoms with E-state index in [0.29, 0.717) is 40.0 Å². The number of hydrogen-bond acceptors (Lipinski definition) is 5. The van der Waals surface area contributed by atoms with Crippen LogP contribution in [0.4, 0.5) is 17.1 Å². The number of rotatable bonds is 4. The summed E-state index contributed by atoms with van der Waals surface area (Å²) >= 11 is 0. The van der Waals surface area contributed by atoms with E-state index in [4.69, 9.17) is 15.2 Å². The van der Waals surface area contributed by atoms with Crippen LogP contribution in [-0.2, 0) is 4.79 Å². The Morgan fingerprint density at radius 2 is 1.70 bits per heavy atom. The lowest BCUT2D eigenvalue weighted by Gasteiger charge is -2.10. The fraction of sp³-hybridized carbons (Fsp3) is 0.263. The Kier molecular flexibility index (Phi) is 5.14. The van der Waals surface area contributed by atoms with Gasteiger partial charge in [-0.25, -0.2) is 0 Å². The maximum absolute atomic E-state index is 12.4. The smallest absolute Gasteiger partial charge is 0.255 e. The van der Waals surface area contributed by atoms with Gasteiger partial charge in [-0.1, -0.05) is 6.92 Å². The van der Waals surface area contributed by atoms with Gasteiger partial charge in [0.1, 0.15) is 0 Å². The van der Waals surface area contributed by atoms with E-state index in [1.807, 2.05) is 0 Å². The Morgan fingerprint density at radius 3 is 2.33 bits per heavy atom. The molecule has 8 heteroatoms. The molecule has 0 aromatic heterocycles. The molecule has 2 aromatic rings. The number of carbonyl (C=O) groups excluding carboxylic acids is 2. The summed E-state index contributed by atoms with van der Waals surface area (Å²) in [4.78, 5) is 24.4. The molecule has 1 aliphatic carbocycles. The van der Waals surface area contributed by atoms with E-state index in [1.165, 1.54) is 0 Å². The van der Waals surface area contributed by atoms with Gasteiger partial charge in [-0.3, -0.25) is 9.59 Å². The van der Waals surface area contributed by atoms with Crippen molar-refractivity contribution < 1.29 is 19.1 Å². The van der Waals surface area contributed by atoms with Gasteiger partial charge in [0.15, 0.2) is 11.5 Å². The molecule has 2 amide bonds. The zero-order valence-corrected chi connectivity index (χ0v) is 15.5. The van der Waals surface area contributed by atoms with Gasteiger partial charge in [0, 0.05) is 29.3 Å². The van der Waals surface area contributed by atoms with E-state index in [-0.39, 0.29) is 36.9 Å². The summed E-state index contributed by atoms with van der Waals surface area (Å²) in [5, 5.41) is 5.63. The third kappa shape index (κ3) is 3.93. The molecule has 2 aliphatic rings. The fourth-order valence-corrected chi connectivity index (χ4v) is 2.89. The number of halogens is 1. The number of carbonyl (C=O) groups is 2. The van der Waals surface area contributed by atoms with Crippen molar-refractivity contribution in [2.45, 2.75) is 13.3 Å². The lowest BCUT2D eigenvalue weighted by molar-refractivity contribution is -0.117. The van der Waals surface area contributed by atoms with E-state index in [1.54, 1.807) is 36.4 Å². The molecule has 0 spiro atoms.